The van der Waals surface area contributed by atoms with Gasteiger partial charge in [0, 0.05) is 10.4 Å². The summed E-state index contributed by atoms with van der Waals surface area (Å²) < 4.78 is 31.9. The maximum atomic E-state index is 13.2. The number of hydrogen-bond acceptors (Lipinski definition) is 5. The highest BCUT2D eigenvalue weighted by Gasteiger charge is 2.28. The number of anilines is 1. The fraction of sp³-hybridized carbons (Fsp3) is 0.182. The molecule has 1 aliphatic rings. The van der Waals surface area contributed by atoms with E-state index in [1.54, 1.807) is 0 Å². The van der Waals surface area contributed by atoms with Crippen molar-refractivity contribution in [1.82, 2.24) is 0 Å². The molecule has 3 aromatic rings. The van der Waals surface area contributed by atoms with Gasteiger partial charge in [-0.3, -0.25) is 4.90 Å². The van der Waals surface area contributed by atoms with Crippen molar-refractivity contribution in [2.75, 3.05) is 31.2 Å². The molecule has 1 N–H and O–H groups in total. The minimum Gasteiger partial charge on any atom is -0.373 e. The fourth-order valence-corrected chi connectivity index (χ4v) is 5.35. The van der Waals surface area contributed by atoms with Crippen LogP contribution in [0.2, 0.25) is 10.0 Å². The van der Waals surface area contributed by atoms with E-state index in [1.807, 2.05) is 36.4 Å². The van der Waals surface area contributed by atoms with Crippen LogP contribution < -0.4 is 9.88 Å². The molecule has 0 amide bonds. The molecule has 1 saturated heterocycles. The molecule has 0 unspecified atom stereocenters. The number of benzene rings is 2. The molecule has 1 aliphatic heterocycles. The number of aromatic nitrogens is 1. The molecule has 6 nitrogen and oxygen atoms in total. The number of sulfone groups is 1. The van der Waals surface area contributed by atoms with Crippen molar-refractivity contribution in [1.29, 1.82) is 5.26 Å². The Hall–Kier alpha value is -2.63. The van der Waals surface area contributed by atoms with E-state index >= 15 is 0 Å². The first-order chi connectivity index (χ1) is 14.9. The SMILES string of the molecule is N#C/C(=C\c1cc2ccccc2[nH+]c1N1CCOCC1)S(=O)(=O)c1cc(Cl)ccc1Cl. The molecule has 1 fully saturated rings. The van der Waals surface area contributed by atoms with Gasteiger partial charge in [0.15, 0.2) is 0 Å². The van der Waals surface area contributed by atoms with E-state index in [0.717, 1.165) is 16.7 Å². The highest BCUT2D eigenvalue weighted by molar-refractivity contribution is 7.95. The summed E-state index contributed by atoms with van der Waals surface area (Å²) in [5, 5.41) is 10.9. The number of nitriles is 1. The molecule has 31 heavy (non-hydrogen) atoms. The number of ether oxygens (including phenoxy) is 1. The van der Waals surface area contributed by atoms with Gasteiger partial charge in [-0.25, -0.2) is 13.4 Å². The number of allylic oxidation sites excluding steroid dienone is 1. The summed E-state index contributed by atoms with van der Waals surface area (Å²) in [7, 11) is -4.18. The Morgan fingerprint density at radius 2 is 1.87 bits per heavy atom. The lowest BCUT2D eigenvalue weighted by Crippen LogP contribution is -2.40. The molecule has 0 atom stereocenters. The number of halogens is 2. The number of rotatable bonds is 4. The molecule has 0 bridgehead atoms. The third-order valence-electron chi connectivity index (χ3n) is 4.99. The Labute approximate surface area is 190 Å². The second kappa shape index (κ2) is 8.85. The van der Waals surface area contributed by atoms with Crippen LogP contribution in [0.4, 0.5) is 5.82 Å². The van der Waals surface area contributed by atoms with Crippen molar-refractivity contribution in [3.05, 3.63) is 69.0 Å². The zero-order valence-electron chi connectivity index (χ0n) is 16.3. The van der Waals surface area contributed by atoms with Crippen molar-refractivity contribution in [3.63, 3.8) is 0 Å². The number of aromatic amines is 1. The summed E-state index contributed by atoms with van der Waals surface area (Å²) in [4.78, 5) is 4.84. The van der Waals surface area contributed by atoms with E-state index in [2.05, 4.69) is 9.88 Å². The zero-order chi connectivity index (χ0) is 22.0. The van der Waals surface area contributed by atoms with E-state index in [-0.39, 0.29) is 14.9 Å². The highest BCUT2D eigenvalue weighted by Crippen LogP contribution is 2.31. The molecule has 2 aromatic carbocycles. The normalized spacial score (nSPS) is 15.1. The molecule has 2 heterocycles. The van der Waals surface area contributed by atoms with Gasteiger partial charge < -0.3 is 4.74 Å². The van der Waals surface area contributed by atoms with E-state index in [0.29, 0.717) is 31.9 Å². The number of H-pyrrole nitrogens is 1. The summed E-state index contributed by atoms with van der Waals surface area (Å²) >= 11 is 12.1. The van der Waals surface area contributed by atoms with Gasteiger partial charge in [-0.2, -0.15) is 5.26 Å². The third-order valence-corrected chi connectivity index (χ3v) is 7.38. The summed E-state index contributed by atoms with van der Waals surface area (Å²) in [5.74, 6) is 0.724. The van der Waals surface area contributed by atoms with Gasteiger partial charge in [0.2, 0.25) is 9.84 Å². The third kappa shape index (κ3) is 4.39. The number of hydrogen-bond donors (Lipinski definition) is 0. The largest absolute Gasteiger partial charge is 0.373 e. The first-order valence-corrected chi connectivity index (χ1v) is 11.7. The smallest absolute Gasteiger partial charge is 0.282 e. The molecule has 0 radical (unpaired) electrons. The summed E-state index contributed by atoms with van der Waals surface area (Å²) in [5.41, 5.74) is 1.49. The Kier molecular flexibility index (Phi) is 6.17. The van der Waals surface area contributed by atoms with Gasteiger partial charge in [-0.15, -0.1) is 0 Å². The monoisotopic (exact) mass is 474 g/mol. The second-order valence-electron chi connectivity index (χ2n) is 6.96. The van der Waals surface area contributed by atoms with Gasteiger partial charge in [-0.1, -0.05) is 41.4 Å². The maximum absolute atomic E-state index is 13.2. The van der Waals surface area contributed by atoms with Gasteiger partial charge in [0.1, 0.15) is 29.6 Å². The number of nitrogens with one attached hydrogen (secondary N) is 1. The number of pyridine rings is 1. The lowest BCUT2D eigenvalue weighted by atomic mass is 10.1. The molecule has 158 valence electrons. The van der Waals surface area contributed by atoms with Crippen molar-refractivity contribution < 1.29 is 18.1 Å². The van der Waals surface area contributed by atoms with Crippen LogP contribution in [0.25, 0.3) is 17.0 Å². The second-order valence-corrected chi connectivity index (χ2v) is 9.69. The van der Waals surface area contributed by atoms with Crippen LogP contribution in [-0.2, 0) is 14.6 Å². The zero-order valence-corrected chi connectivity index (χ0v) is 18.6. The molecular weight excluding hydrogens is 457 g/mol. The van der Waals surface area contributed by atoms with Gasteiger partial charge in [0.05, 0.1) is 28.7 Å². The average molecular weight is 475 g/mol. The molecule has 1 aromatic heterocycles. The average Bonchev–Trinajstić information content (AvgIpc) is 2.78. The van der Waals surface area contributed by atoms with Gasteiger partial charge >= 0.3 is 0 Å². The predicted molar refractivity (Wildman–Crippen MR) is 121 cm³/mol. The highest BCUT2D eigenvalue weighted by atomic mass is 35.5. The van der Waals surface area contributed by atoms with Crippen molar-refractivity contribution >= 4 is 55.8 Å². The maximum Gasteiger partial charge on any atom is 0.282 e. The number of fused-ring (bicyclic) bond motifs is 1. The number of para-hydroxylation sites is 1. The Morgan fingerprint density at radius 1 is 1.13 bits per heavy atom. The summed E-state index contributed by atoms with van der Waals surface area (Å²) in [6.45, 7) is 2.41. The molecule has 9 heteroatoms. The Balaban J connectivity index is 1.90. The number of morpholine rings is 1. The summed E-state index contributed by atoms with van der Waals surface area (Å²) in [6, 6.07) is 15.5. The van der Waals surface area contributed by atoms with E-state index in [9.17, 15) is 13.7 Å². The van der Waals surface area contributed by atoms with Crippen LogP contribution >= 0.6 is 23.2 Å². The molecule has 4 rings (SSSR count). The molecule has 0 saturated carbocycles. The van der Waals surface area contributed by atoms with Crippen molar-refractivity contribution in [3.8, 4) is 6.07 Å². The lowest BCUT2D eigenvalue weighted by Gasteiger charge is -2.22. The Morgan fingerprint density at radius 3 is 2.61 bits per heavy atom. The minimum atomic E-state index is -4.18. The minimum absolute atomic E-state index is 0.00373. The van der Waals surface area contributed by atoms with Crippen LogP contribution in [0.5, 0.6) is 0 Å². The van der Waals surface area contributed by atoms with Crippen LogP contribution in [0.15, 0.2) is 58.3 Å². The quantitative estimate of drug-likeness (QED) is 0.530. The van der Waals surface area contributed by atoms with E-state index < -0.39 is 14.7 Å². The van der Waals surface area contributed by atoms with Gasteiger partial charge in [-0.05, 0) is 36.4 Å². The van der Waals surface area contributed by atoms with E-state index in [1.165, 1.54) is 24.3 Å². The lowest BCUT2D eigenvalue weighted by molar-refractivity contribution is -0.331. The topological polar surface area (TPSA) is 84.5 Å². The summed E-state index contributed by atoms with van der Waals surface area (Å²) in [6.07, 6.45) is 1.38. The fourth-order valence-electron chi connectivity index (χ4n) is 3.44. The molecule has 0 spiro atoms. The Bertz CT molecular complexity index is 1330. The first-order valence-electron chi connectivity index (χ1n) is 9.50. The standard InChI is InChI=1S/C22H17Cl2N3O3S/c23-17-5-6-19(24)21(13-17)31(28,29)18(14-25)12-16-11-15-3-1-2-4-20(15)26-22(16)27-7-9-30-10-8-27/h1-6,11-13H,7-10H2/p+1/b18-12+. The van der Waals surface area contributed by atoms with E-state index in [4.69, 9.17) is 27.9 Å². The number of nitrogens with zero attached hydrogens (tertiary/aromatic N) is 2. The predicted octanol–water partition coefficient (Wildman–Crippen LogP) is 4.14. The van der Waals surface area contributed by atoms with Crippen LogP contribution in [0, 0.1) is 11.3 Å². The van der Waals surface area contributed by atoms with Crippen molar-refractivity contribution in [2.45, 2.75) is 4.90 Å². The van der Waals surface area contributed by atoms with Gasteiger partial charge in [0.25, 0.3) is 5.82 Å². The first kappa shape index (κ1) is 21.6. The molecular formula is C22H18Cl2N3O3S+. The van der Waals surface area contributed by atoms with Crippen LogP contribution in [-0.4, -0.2) is 34.7 Å². The molecule has 0 aliphatic carbocycles. The van der Waals surface area contributed by atoms with Crippen LogP contribution in [0.1, 0.15) is 5.56 Å². The van der Waals surface area contributed by atoms with Crippen LogP contribution in [0.3, 0.4) is 0 Å². The van der Waals surface area contributed by atoms with Crippen molar-refractivity contribution in [2.24, 2.45) is 0 Å².